The number of para-hydroxylation sites is 1. The van der Waals surface area contributed by atoms with Crippen LogP contribution in [0.2, 0.25) is 0 Å². The summed E-state index contributed by atoms with van der Waals surface area (Å²) < 4.78 is 32.0. The van der Waals surface area contributed by atoms with Crippen molar-refractivity contribution < 1.29 is 12.8 Å². The first-order valence-corrected chi connectivity index (χ1v) is 7.97. The van der Waals surface area contributed by atoms with E-state index >= 15 is 0 Å². The largest absolute Gasteiger partial charge is 0.469 e. The predicted molar refractivity (Wildman–Crippen MR) is 78.5 cm³/mol. The van der Waals surface area contributed by atoms with Crippen LogP contribution in [0.15, 0.2) is 47.1 Å². The Kier molecular flexibility index (Phi) is 4.46. The third-order valence-corrected chi connectivity index (χ3v) is 4.32. The van der Waals surface area contributed by atoms with Gasteiger partial charge in [-0.25, -0.2) is 13.1 Å². The topological polar surface area (TPSA) is 85.3 Å². The van der Waals surface area contributed by atoms with Gasteiger partial charge in [-0.3, -0.25) is 0 Å². The van der Waals surface area contributed by atoms with Crippen molar-refractivity contribution in [2.45, 2.75) is 25.1 Å². The van der Waals surface area contributed by atoms with Gasteiger partial charge >= 0.3 is 0 Å². The number of furan rings is 1. The molecule has 0 saturated heterocycles. The molecule has 0 fully saturated rings. The first-order chi connectivity index (χ1) is 9.46. The van der Waals surface area contributed by atoms with Gasteiger partial charge in [-0.05, 0) is 30.7 Å². The molecular formula is C14H18N2O3S. The molecule has 108 valence electrons. The van der Waals surface area contributed by atoms with Gasteiger partial charge in [0.2, 0.25) is 10.0 Å². The highest BCUT2D eigenvalue weighted by Gasteiger charge is 2.17. The van der Waals surface area contributed by atoms with Crippen LogP contribution in [0.25, 0.3) is 0 Å². The molecule has 1 unspecified atom stereocenters. The van der Waals surface area contributed by atoms with Crippen LogP contribution >= 0.6 is 0 Å². The molecule has 1 heterocycles. The zero-order valence-electron chi connectivity index (χ0n) is 11.2. The molecule has 1 aromatic carbocycles. The highest BCUT2D eigenvalue weighted by atomic mass is 32.2. The summed E-state index contributed by atoms with van der Waals surface area (Å²) in [4.78, 5) is 0. The summed E-state index contributed by atoms with van der Waals surface area (Å²) in [6, 6.07) is 10.3. The van der Waals surface area contributed by atoms with E-state index in [0.29, 0.717) is 17.7 Å². The van der Waals surface area contributed by atoms with Gasteiger partial charge < -0.3 is 10.2 Å². The lowest BCUT2D eigenvalue weighted by molar-refractivity contribution is 0.479. The number of sulfonamides is 1. The lowest BCUT2D eigenvalue weighted by atomic mass is 10.2. The average Bonchev–Trinajstić information content (AvgIpc) is 2.83. The summed E-state index contributed by atoms with van der Waals surface area (Å²) in [6.45, 7) is 1.80. The molecule has 2 rings (SSSR count). The molecule has 2 aromatic rings. The Bertz CT molecular complexity index is 651. The van der Waals surface area contributed by atoms with E-state index in [1.54, 1.807) is 43.5 Å². The molecule has 0 aliphatic heterocycles. The third kappa shape index (κ3) is 4.11. The number of nitrogen functional groups attached to an aromatic ring is 1. The molecule has 0 aliphatic carbocycles. The van der Waals surface area contributed by atoms with E-state index in [2.05, 4.69) is 4.72 Å². The summed E-state index contributed by atoms with van der Waals surface area (Å²) >= 11 is 0. The van der Waals surface area contributed by atoms with E-state index < -0.39 is 10.0 Å². The molecule has 0 spiro atoms. The van der Waals surface area contributed by atoms with Crippen LogP contribution in [0.5, 0.6) is 0 Å². The highest BCUT2D eigenvalue weighted by Crippen LogP contribution is 2.14. The molecule has 3 N–H and O–H groups in total. The number of nitrogens with one attached hydrogen (secondary N) is 1. The van der Waals surface area contributed by atoms with E-state index in [-0.39, 0.29) is 11.8 Å². The SMILES string of the molecule is CC(Cc1ccco1)NS(=O)(=O)Cc1ccccc1N. The fourth-order valence-corrected chi connectivity index (χ4v) is 3.44. The molecular weight excluding hydrogens is 276 g/mol. The summed E-state index contributed by atoms with van der Waals surface area (Å²) in [7, 11) is -3.43. The third-order valence-electron chi connectivity index (χ3n) is 2.87. The van der Waals surface area contributed by atoms with Gasteiger partial charge in [0.15, 0.2) is 0 Å². The Morgan fingerprint density at radius 1 is 1.25 bits per heavy atom. The van der Waals surface area contributed by atoms with Crippen molar-refractivity contribution in [3.8, 4) is 0 Å². The predicted octanol–water partition coefficient (Wildman–Crippen LogP) is 1.91. The smallest absolute Gasteiger partial charge is 0.216 e. The maximum Gasteiger partial charge on any atom is 0.216 e. The van der Waals surface area contributed by atoms with Gasteiger partial charge in [0.05, 0.1) is 12.0 Å². The Hall–Kier alpha value is -1.79. The van der Waals surface area contributed by atoms with Crippen LogP contribution in [0.3, 0.4) is 0 Å². The van der Waals surface area contributed by atoms with Gasteiger partial charge in [-0.1, -0.05) is 18.2 Å². The second-order valence-electron chi connectivity index (χ2n) is 4.76. The van der Waals surface area contributed by atoms with Crippen LogP contribution < -0.4 is 10.5 Å². The van der Waals surface area contributed by atoms with Crippen molar-refractivity contribution in [3.05, 3.63) is 54.0 Å². The van der Waals surface area contributed by atoms with Crippen molar-refractivity contribution >= 4 is 15.7 Å². The standard InChI is InChI=1S/C14H18N2O3S/c1-11(9-13-6-4-8-19-13)16-20(17,18)10-12-5-2-3-7-14(12)15/h2-8,11,16H,9-10,15H2,1H3. The monoisotopic (exact) mass is 294 g/mol. The van der Waals surface area contributed by atoms with E-state index in [1.807, 2.05) is 6.07 Å². The Balaban J connectivity index is 1.99. The molecule has 6 heteroatoms. The van der Waals surface area contributed by atoms with Crippen LogP contribution in [0.1, 0.15) is 18.2 Å². The van der Waals surface area contributed by atoms with Gasteiger partial charge in [0, 0.05) is 18.2 Å². The van der Waals surface area contributed by atoms with Crippen molar-refractivity contribution in [2.75, 3.05) is 5.73 Å². The van der Waals surface area contributed by atoms with E-state index in [4.69, 9.17) is 10.2 Å². The molecule has 0 bridgehead atoms. The second kappa shape index (κ2) is 6.11. The van der Waals surface area contributed by atoms with Gasteiger partial charge in [0.1, 0.15) is 5.76 Å². The van der Waals surface area contributed by atoms with Crippen molar-refractivity contribution in [3.63, 3.8) is 0 Å². The van der Waals surface area contributed by atoms with E-state index in [1.165, 1.54) is 0 Å². The van der Waals surface area contributed by atoms with Crippen LogP contribution in [0.4, 0.5) is 5.69 Å². The molecule has 0 radical (unpaired) electrons. The quantitative estimate of drug-likeness (QED) is 0.797. The van der Waals surface area contributed by atoms with Gasteiger partial charge in [0.25, 0.3) is 0 Å². The highest BCUT2D eigenvalue weighted by molar-refractivity contribution is 7.88. The zero-order valence-corrected chi connectivity index (χ0v) is 12.1. The summed E-state index contributed by atoms with van der Waals surface area (Å²) in [6.07, 6.45) is 2.08. The fourth-order valence-electron chi connectivity index (χ4n) is 1.99. The van der Waals surface area contributed by atoms with E-state index in [0.717, 1.165) is 5.76 Å². The van der Waals surface area contributed by atoms with Crippen molar-refractivity contribution in [1.29, 1.82) is 0 Å². The first-order valence-electron chi connectivity index (χ1n) is 6.32. The Labute approximate surface area is 118 Å². The average molecular weight is 294 g/mol. The molecule has 0 aliphatic rings. The summed E-state index contributed by atoms with van der Waals surface area (Å²) in [5, 5.41) is 0. The summed E-state index contributed by atoms with van der Waals surface area (Å²) in [5.74, 6) is 0.627. The minimum absolute atomic E-state index is 0.123. The minimum Gasteiger partial charge on any atom is -0.469 e. The van der Waals surface area contributed by atoms with Crippen molar-refractivity contribution in [2.24, 2.45) is 0 Å². The number of benzene rings is 1. The van der Waals surface area contributed by atoms with Gasteiger partial charge in [-0.15, -0.1) is 0 Å². The summed E-state index contributed by atoms with van der Waals surface area (Å²) in [5.41, 5.74) is 6.85. The van der Waals surface area contributed by atoms with E-state index in [9.17, 15) is 8.42 Å². The van der Waals surface area contributed by atoms with Crippen LogP contribution in [0, 0.1) is 0 Å². The van der Waals surface area contributed by atoms with Crippen LogP contribution in [-0.2, 0) is 22.2 Å². The van der Waals surface area contributed by atoms with Crippen LogP contribution in [-0.4, -0.2) is 14.5 Å². The lowest BCUT2D eigenvalue weighted by Gasteiger charge is -2.13. The number of nitrogens with two attached hydrogens (primary N) is 1. The second-order valence-corrected chi connectivity index (χ2v) is 6.51. The number of hydrogen-bond acceptors (Lipinski definition) is 4. The van der Waals surface area contributed by atoms with Crippen molar-refractivity contribution in [1.82, 2.24) is 4.72 Å². The molecule has 1 atom stereocenters. The van der Waals surface area contributed by atoms with Gasteiger partial charge in [-0.2, -0.15) is 0 Å². The first kappa shape index (κ1) is 14.6. The normalized spacial score (nSPS) is 13.2. The lowest BCUT2D eigenvalue weighted by Crippen LogP contribution is -2.35. The molecule has 1 aromatic heterocycles. The molecule has 0 amide bonds. The Morgan fingerprint density at radius 3 is 2.65 bits per heavy atom. The maximum atomic E-state index is 12.1. The fraction of sp³-hybridized carbons (Fsp3) is 0.286. The molecule has 20 heavy (non-hydrogen) atoms. The molecule has 5 nitrogen and oxygen atoms in total. The maximum absolute atomic E-state index is 12.1. The number of anilines is 1. The zero-order chi connectivity index (χ0) is 14.6. The minimum atomic E-state index is -3.43. The number of rotatable bonds is 6. The Morgan fingerprint density at radius 2 is 2.00 bits per heavy atom. The molecule has 0 saturated carbocycles. The number of hydrogen-bond donors (Lipinski definition) is 2.